The van der Waals surface area contributed by atoms with Crippen LogP contribution < -0.4 is 0 Å². The number of aliphatic carboxylic acids is 1. The van der Waals surface area contributed by atoms with Gasteiger partial charge in [-0.3, -0.25) is 0 Å². The van der Waals surface area contributed by atoms with Gasteiger partial charge in [0.1, 0.15) is 0 Å². The van der Waals surface area contributed by atoms with Crippen LogP contribution in [0.2, 0.25) is 18.1 Å². The molecule has 0 amide bonds. The van der Waals surface area contributed by atoms with Crippen LogP contribution in [0.1, 0.15) is 58.1 Å². The average Bonchev–Trinajstić information content (AvgIpc) is 2.62. The minimum atomic E-state index is -1.90. The lowest BCUT2D eigenvalue weighted by Gasteiger charge is -2.39. The fourth-order valence-corrected chi connectivity index (χ4v) is 4.33. The predicted molar refractivity (Wildman–Crippen MR) is 120 cm³/mol. The fourth-order valence-electron chi connectivity index (χ4n) is 3.01. The number of fused-ring (bicyclic) bond motifs is 1. The summed E-state index contributed by atoms with van der Waals surface area (Å²) in [6.07, 6.45) is 6.76. The van der Waals surface area contributed by atoms with Gasteiger partial charge in [-0.05, 0) is 59.8 Å². The van der Waals surface area contributed by atoms with Crippen molar-refractivity contribution >= 4 is 25.1 Å². The van der Waals surface area contributed by atoms with Gasteiger partial charge in [0.15, 0.2) is 8.32 Å². The monoisotopic (exact) mass is 398 g/mol. The van der Waals surface area contributed by atoms with Gasteiger partial charge in [0.25, 0.3) is 0 Å². The molecule has 3 nitrogen and oxygen atoms in total. The summed E-state index contributed by atoms with van der Waals surface area (Å²) in [5, 5.41) is 11.3. The number of carboxylic acids is 1. The Hall–Kier alpha value is -1.91. The summed E-state index contributed by atoms with van der Waals surface area (Å²) in [4.78, 5) is 10.6. The molecule has 0 aromatic heterocycles. The Labute approximate surface area is 170 Å². The summed E-state index contributed by atoms with van der Waals surface area (Å²) in [5.41, 5.74) is 1.24. The maximum absolute atomic E-state index is 10.6. The first kappa shape index (κ1) is 22.4. The van der Waals surface area contributed by atoms with Crippen molar-refractivity contribution in [2.45, 2.75) is 70.7 Å². The van der Waals surface area contributed by atoms with Crippen molar-refractivity contribution in [3.8, 4) is 0 Å². The van der Waals surface area contributed by atoms with E-state index in [0.717, 1.165) is 25.7 Å². The van der Waals surface area contributed by atoms with Crippen LogP contribution in [-0.4, -0.2) is 19.4 Å². The van der Waals surface area contributed by atoms with Crippen LogP contribution in [0.15, 0.2) is 54.6 Å². The van der Waals surface area contributed by atoms with Crippen LogP contribution in [0.25, 0.3) is 10.8 Å². The van der Waals surface area contributed by atoms with Gasteiger partial charge in [-0.2, -0.15) is 0 Å². The maximum Gasteiger partial charge on any atom is 0.327 e. The lowest BCUT2D eigenvalue weighted by molar-refractivity contribution is -0.131. The van der Waals surface area contributed by atoms with Gasteiger partial charge in [0.2, 0.25) is 0 Å². The van der Waals surface area contributed by atoms with E-state index in [1.807, 2.05) is 0 Å². The molecule has 28 heavy (non-hydrogen) atoms. The number of carboxylic acid groups (broad SMARTS) is 1. The SMILES string of the molecule is CC(C)(C)[Si](C)(C)OC(CCCCC=CC(=O)O)c1ccc2ccccc2c1. The van der Waals surface area contributed by atoms with E-state index in [9.17, 15) is 4.79 Å². The minimum Gasteiger partial charge on any atom is -0.478 e. The standard InChI is InChI=1S/C24H34O3Si/c1-24(2,3)28(4,5)27-22(14-8-6-7-9-15-23(25)26)21-17-16-19-12-10-11-13-20(19)18-21/h9-13,15-18,22H,6-8,14H2,1-5H3,(H,25,26). The van der Waals surface area contributed by atoms with Gasteiger partial charge in [0.05, 0.1) is 6.10 Å². The molecule has 152 valence electrons. The van der Waals surface area contributed by atoms with Crippen molar-refractivity contribution in [3.05, 3.63) is 60.2 Å². The third-order valence-corrected chi connectivity index (χ3v) is 10.2. The molecule has 1 atom stereocenters. The Morgan fingerprint density at radius 3 is 2.43 bits per heavy atom. The predicted octanol–water partition coefficient (Wildman–Crippen LogP) is 7.10. The van der Waals surface area contributed by atoms with Crippen LogP contribution in [0.3, 0.4) is 0 Å². The number of benzene rings is 2. The molecule has 0 bridgehead atoms. The van der Waals surface area contributed by atoms with E-state index in [1.165, 1.54) is 22.4 Å². The maximum atomic E-state index is 10.6. The molecule has 0 heterocycles. The third kappa shape index (κ3) is 6.32. The van der Waals surface area contributed by atoms with Crippen LogP contribution in [0.4, 0.5) is 0 Å². The normalized spacial score (nSPS) is 13.9. The van der Waals surface area contributed by atoms with E-state index >= 15 is 0 Å². The van der Waals surface area contributed by atoms with E-state index in [1.54, 1.807) is 6.08 Å². The summed E-state index contributed by atoms with van der Waals surface area (Å²) < 4.78 is 6.81. The first-order chi connectivity index (χ1) is 13.1. The van der Waals surface area contributed by atoms with E-state index in [0.29, 0.717) is 0 Å². The Balaban J connectivity index is 2.16. The third-order valence-electron chi connectivity index (χ3n) is 5.74. The first-order valence-electron chi connectivity index (χ1n) is 10.2. The van der Waals surface area contributed by atoms with Crippen molar-refractivity contribution in [2.75, 3.05) is 0 Å². The van der Waals surface area contributed by atoms with Crippen LogP contribution >= 0.6 is 0 Å². The first-order valence-corrected chi connectivity index (χ1v) is 13.1. The van der Waals surface area contributed by atoms with Crippen LogP contribution in [-0.2, 0) is 9.22 Å². The van der Waals surface area contributed by atoms with E-state index in [-0.39, 0.29) is 11.1 Å². The topological polar surface area (TPSA) is 46.5 Å². The van der Waals surface area contributed by atoms with Crippen LogP contribution in [0, 0.1) is 0 Å². The van der Waals surface area contributed by atoms with Gasteiger partial charge in [-0.15, -0.1) is 0 Å². The fraction of sp³-hybridized carbons (Fsp3) is 0.458. The number of hydrogen-bond donors (Lipinski definition) is 1. The lowest BCUT2D eigenvalue weighted by atomic mass is 10.00. The van der Waals surface area contributed by atoms with Gasteiger partial charge >= 0.3 is 5.97 Å². The van der Waals surface area contributed by atoms with E-state index in [4.69, 9.17) is 9.53 Å². The van der Waals surface area contributed by atoms with Crippen molar-refractivity contribution in [1.29, 1.82) is 0 Å². The minimum absolute atomic E-state index is 0.0777. The highest BCUT2D eigenvalue weighted by Gasteiger charge is 2.39. The van der Waals surface area contributed by atoms with E-state index < -0.39 is 14.3 Å². The molecule has 0 aliphatic heterocycles. The number of hydrogen-bond acceptors (Lipinski definition) is 2. The summed E-state index contributed by atoms with van der Waals surface area (Å²) in [6, 6.07) is 15.1. The van der Waals surface area contributed by atoms with Crippen LogP contribution in [0.5, 0.6) is 0 Å². The lowest BCUT2D eigenvalue weighted by Crippen LogP contribution is -2.41. The van der Waals surface area contributed by atoms with E-state index in [2.05, 4.69) is 76.3 Å². The smallest absolute Gasteiger partial charge is 0.327 e. The van der Waals surface area contributed by atoms with Gasteiger partial charge in [-0.25, -0.2) is 4.79 Å². The number of unbranched alkanes of at least 4 members (excludes halogenated alkanes) is 2. The van der Waals surface area contributed by atoms with Gasteiger partial charge in [-0.1, -0.05) is 69.7 Å². The summed E-state index contributed by atoms with van der Waals surface area (Å²) >= 11 is 0. The molecule has 1 unspecified atom stereocenters. The second kappa shape index (κ2) is 9.53. The van der Waals surface area contributed by atoms with Gasteiger partial charge < -0.3 is 9.53 Å². The molecule has 0 aliphatic carbocycles. The molecule has 0 saturated heterocycles. The molecule has 2 rings (SSSR count). The zero-order valence-electron chi connectivity index (χ0n) is 17.9. The quantitative estimate of drug-likeness (QED) is 0.278. The van der Waals surface area contributed by atoms with Gasteiger partial charge in [0, 0.05) is 6.08 Å². The number of allylic oxidation sites excluding steroid dienone is 1. The molecule has 4 heteroatoms. The second-order valence-corrected chi connectivity index (χ2v) is 13.8. The molecule has 0 aliphatic rings. The van der Waals surface area contributed by atoms with Crippen molar-refractivity contribution in [3.63, 3.8) is 0 Å². The molecule has 0 fully saturated rings. The molecular formula is C24H34O3Si. The molecule has 0 spiro atoms. The average molecular weight is 399 g/mol. The molecule has 2 aromatic rings. The Morgan fingerprint density at radius 2 is 1.79 bits per heavy atom. The highest BCUT2D eigenvalue weighted by Crippen LogP contribution is 2.41. The zero-order chi connectivity index (χ0) is 20.8. The Morgan fingerprint density at radius 1 is 1.11 bits per heavy atom. The Bertz CT molecular complexity index is 818. The summed E-state index contributed by atoms with van der Waals surface area (Å²) in [6.45, 7) is 11.4. The highest BCUT2D eigenvalue weighted by atomic mass is 28.4. The molecule has 1 N–H and O–H groups in total. The van der Waals surface area contributed by atoms with Crippen molar-refractivity contribution in [2.24, 2.45) is 0 Å². The Kier molecular flexibility index (Phi) is 7.61. The zero-order valence-corrected chi connectivity index (χ0v) is 18.9. The molecular weight excluding hydrogens is 364 g/mol. The molecule has 0 radical (unpaired) electrons. The second-order valence-electron chi connectivity index (χ2n) is 9.00. The summed E-state index contributed by atoms with van der Waals surface area (Å²) in [5.74, 6) is -0.879. The number of carbonyl (C=O) groups is 1. The van der Waals surface area contributed by atoms with Crippen molar-refractivity contribution < 1.29 is 14.3 Å². The largest absolute Gasteiger partial charge is 0.478 e. The molecule has 0 saturated carbocycles. The molecule has 2 aromatic carbocycles. The van der Waals surface area contributed by atoms with Crippen molar-refractivity contribution in [1.82, 2.24) is 0 Å². The number of rotatable bonds is 9. The highest BCUT2D eigenvalue weighted by molar-refractivity contribution is 6.74. The summed E-state index contributed by atoms with van der Waals surface area (Å²) in [7, 11) is -1.90.